The number of hydrogen-bond donors (Lipinski definition) is 0. The van der Waals surface area contributed by atoms with Crippen LogP contribution in [0.3, 0.4) is 0 Å². The lowest BCUT2D eigenvalue weighted by molar-refractivity contribution is -0.398. The second-order valence-electron chi connectivity index (χ2n) is 7.95. The van der Waals surface area contributed by atoms with Crippen molar-refractivity contribution >= 4 is 11.8 Å². The number of rotatable bonds is 6. The highest BCUT2D eigenvalue weighted by Gasteiger charge is 2.36. The summed E-state index contributed by atoms with van der Waals surface area (Å²) in [6.45, 7) is 17.4. The zero-order valence-electron chi connectivity index (χ0n) is 14.8. The molecule has 0 fully saturated rings. The summed E-state index contributed by atoms with van der Waals surface area (Å²) in [6, 6.07) is 0. The van der Waals surface area contributed by atoms with Crippen LogP contribution in [0.5, 0.6) is 0 Å². The summed E-state index contributed by atoms with van der Waals surface area (Å²) in [4.78, 5) is 10.3. The monoisotopic (exact) mass is 315 g/mol. The van der Waals surface area contributed by atoms with Crippen molar-refractivity contribution in [3.8, 4) is 5.40 Å². The van der Waals surface area contributed by atoms with Gasteiger partial charge < -0.3 is 0 Å². The first-order valence-corrected chi connectivity index (χ1v) is 7.88. The van der Waals surface area contributed by atoms with E-state index in [4.69, 9.17) is 15.0 Å². The molecular weight excluding hydrogens is 286 g/mol. The molecule has 5 nitrogen and oxygen atoms in total. The third-order valence-electron chi connectivity index (χ3n) is 2.10. The highest BCUT2D eigenvalue weighted by atomic mass is 32.2. The van der Waals surface area contributed by atoms with Crippen LogP contribution in [-0.2, 0) is 9.78 Å². The molecule has 0 rings (SSSR count). The molecule has 0 saturated carbocycles. The Morgan fingerprint density at radius 1 is 0.905 bits per heavy atom. The van der Waals surface area contributed by atoms with Crippen molar-refractivity contribution in [3.63, 3.8) is 0 Å². The fourth-order valence-electron chi connectivity index (χ4n) is 1.50. The smallest absolute Gasteiger partial charge is 0.140 e. The van der Waals surface area contributed by atoms with Gasteiger partial charge in [0.2, 0.25) is 0 Å². The first-order chi connectivity index (χ1) is 9.18. The van der Waals surface area contributed by atoms with Crippen LogP contribution in [0, 0.1) is 10.7 Å². The minimum absolute atomic E-state index is 0.274. The van der Waals surface area contributed by atoms with Gasteiger partial charge in [0.1, 0.15) is 15.9 Å². The van der Waals surface area contributed by atoms with E-state index in [-0.39, 0.29) is 11.1 Å². The Morgan fingerprint density at radius 3 is 1.81 bits per heavy atom. The van der Waals surface area contributed by atoms with Crippen molar-refractivity contribution in [2.75, 3.05) is 0 Å². The summed E-state index contributed by atoms with van der Waals surface area (Å²) < 4.78 is 0. The van der Waals surface area contributed by atoms with Gasteiger partial charge in [-0.1, -0.05) is 0 Å². The molecule has 0 aliphatic rings. The molecule has 0 saturated heterocycles. The van der Waals surface area contributed by atoms with Crippen LogP contribution in [0.4, 0.5) is 0 Å². The van der Waals surface area contributed by atoms with Crippen LogP contribution in [0.15, 0.2) is 10.2 Å². The van der Waals surface area contributed by atoms with Crippen molar-refractivity contribution in [1.82, 2.24) is 0 Å². The molecule has 21 heavy (non-hydrogen) atoms. The summed E-state index contributed by atoms with van der Waals surface area (Å²) >= 11 is 1.09. The summed E-state index contributed by atoms with van der Waals surface area (Å²) in [7, 11) is 0. The van der Waals surface area contributed by atoms with E-state index in [1.54, 1.807) is 0 Å². The minimum Gasteiger partial charge on any atom is -0.230 e. The lowest BCUT2D eigenvalue weighted by atomic mass is 10.00. The number of thioether (sulfide) groups is 1. The maximum atomic E-state index is 9.03. The van der Waals surface area contributed by atoms with E-state index in [2.05, 4.69) is 15.6 Å². The molecule has 0 spiro atoms. The quantitative estimate of drug-likeness (QED) is 0.296. The number of nitriles is 1. The van der Waals surface area contributed by atoms with Crippen molar-refractivity contribution in [2.24, 2.45) is 10.2 Å². The molecule has 0 radical (unpaired) electrons. The number of nitrogens with zero attached hydrogens (tertiary/aromatic N) is 3. The predicted molar refractivity (Wildman–Crippen MR) is 86.8 cm³/mol. The second-order valence-corrected chi connectivity index (χ2v) is 9.22. The third-order valence-corrected chi connectivity index (χ3v) is 2.86. The maximum Gasteiger partial charge on any atom is 0.140 e. The molecule has 6 heteroatoms. The van der Waals surface area contributed by atoms with Crippen LogP contribution in [0.1, 0.15) is 68.7 Å². The Balaban J connectivity index is 4.98. The summed E-state index contributed by atoms with van der Waals surface area (Å²) in [6.07, 6.45) is 0.508. The molecule has 122 valence electrons. The van der Waals surface area contributed by atoms with E-state index in [0.717, 1.165) is 11.8 Å². The Bertz CT molecular complexity index is 403. The average molecular weight is 315 g/mol. The summed E-state index contributed by atoms with van der Waals surface area (Å²) in [5, 5.41) is 19.8. The highest BCUT2D eigenvalue weighted by Crippen LogP contribution is 2.37. The van der Waals surface area contributed by atoms with E-state index >= 15 is 0 Å². The molecule has 0 aliphatic carbocycles. The van der Waals surface area contributed by atoms with Gasteiger partial charge >= 0.3 is 0 Å². The molecule has 0 aromatic carbocycles. The predicted octanol–water partition coefficient (Wildman–Crippen LogP) is 5.08. The molecule has 1 atom stereocenters. The summed E-state index contributed by atoms with van der Waals surface area (Å²) in [5.74, 6) is 0. The fraction of sp³-hybridized carbons (Fsp3) is 0.933. The normalized spacial score (nSPS) is 16.8. The van der Waals surface area contributed by atoms with Gasteiger partial charge in [-0.3, -0.25) is 0 Å². The molecule has 0 amide bonds. The second kappa shape index (κ2) is 7.08. The van der Waals surface area contributed by atoms with Crippen molar-refractivity contribution in [3.05, 3.63) is 0 Å². The average Bonchev–Trinajstić information content (AvgIpc) is 2.22. The third kappa shape index (κ3) is 10.7. The molecular formula is C15H29N3O2S. The van der Waals surface area contributed by atoms with Crippen molar-refractivity contribution < 1.29 is 9.78 Å². The molecule has 1 unspecified atom stereocenters. The Labute approximate surface area is 133 Å². The van der Waals surface area contributed by atoms with Gasteiger partial charge in [0.05, 0.1) is 11.1 Å². The molecule has 0 N–H and O–H groups in total. The van der Waals surface area contributed by atoms with Gasteiger partial charge in [0.25, 0.3) is 0 Å². The molecule has 0 aliphatic heterocycles. The van der Waals surface area contributed by atoms with Crippen LogP contribution in [-0.4, -0.2) is 21.6 Å². The van der Waals surface area contributed by atoms with Gasteiger partial charge in [-0.15, -0.1) is 0 Å². The Kier molecular flexibility index (Phi) is 6.86. The standard InChI is InChI=1S/C15H29N3O2S/c1-12(2,3)17-18-15(9,21-11-16)10-14(7,8)20-19-13(4,5)6/h10H2,1-9H3. The molecule has 0 bridgehead atoms. The van der Waals surface area contributed by atoms with Crippen LogP contribution in [0.2, 0.25) is 0 Å². The number of hydrogen-bond acceptors (Lipinski definition) is 6. The van der Waals surface area contributed by atoms with Crippen LogP contribution >= 0.6 is 11.8 Å². The van der Waals surface area contributed by atoms with E-state index < -0.39 is 10.5 Å². The van der Waals surface area contributed by atoms with E-state index in [9.17, 15) is 0 Å². The van der Waals surface area contributed by atoms with Crippen LogP contribution < -0.4 is 0 Å². The molecule has 0 heterocycles. The highest BCUT2D eigenvalue weighted by molar-refractivity contribution is 8.05. The van der Waals surface area contributed by atoms with Crippen molar-refractivity contribution in [1.29, 1.82) is 5.26 Å². The zero-order valence-corrected chi connectivity index (χ0v) is 15.6. The Hall–Kier alpha value is -0.640. The lowest BCUT2D eigenvalue weighted by Crippen LogP contribution is -2.37. The SMILES string of the molecule is CC(C)(C)N=NC(C)(CC(C)(C)OOC(C)(C)C)SC#N. The van der Waals surface area contributed by atoms with E-state index in [1.807, 2.05) is 62.3 Å². The molecule has 0 aromatic heterocycles. The topological polar surface area (TPSA) is 67.0 Å². The maximum absolute atomic E-state index is 9.03. The molecule has 0 aromatic rings. The van der Waals surface area contributed by atoms with Crippen LogP contribution in [0.25, 0.3) is 0 Å². The van der Waals surface area contributed by atoms with Gasteiger partial charge in [-0.05, 0) is 74.1 Å². The number of thiocyanates is 1. The first-order valence-electron chi connectivity index (χ1n) is 7.06. The van der Waals surface area contributed by atoms with E-state index in [0.29, 0.717) is 6.42 Å². The van der Waals surface area contributed by atoms with Gasteiger partial charge in [0, 0.05) is 6.42 Å². The van der Waals surface area contributed by atoms with Gasteiger partial charge in [-0.25, -0.2) is 9.78 Å². The minimum atomic E-state index is -0.674. The first kappa shape index (κ1) is 20.4. The lowest BCUT2D eigenvalue weighted by Gasteiger charge is -2.33. The van der Waals surface area contributed by atoms with Gasteiger partial charge in [-0.2, -0.15) is 15.5 Å². The van der Waals surface area contributed by atoms with Gasteiger partial charge in [0.15, 0.2) is 0 Å². The Morgan fingerprint density at radius 2 is 1.43 bits per heavy atom. The van der Waals surface area contributed by atoms with Crippen molar-refractivity contribution in [2.45, 2.75) is 90.3 Å². The summed E-state index contributed by atoms with van der Waals surface area (Å²) in [5.41, 5.74) is -1.24. The zero-order chi connectivity index (χ0) is 16.9. The fourth-order valence-corrected chi connectivity index (χ4v) is 2.20. The number of azo groups is 1. The van der Waals surface area contributed by atoms with E-state index in [1.165, 1.54) is 0 Å². The largest absolute Gasteiger partial charge is 0.230 e.